The van der Waals surface area contributed by atoms with Gasteiger partial charge >= 0.3 is 6.09 Å². The lowest BCUT2D eigenvalue weighted by molar-refractivity contribution is -0.904. The van der Waals surface area contributed by atoms with Crippen molar-refractivity contribution >= 4 is 23.8 Å². The van der Waals surface area contributed by atoms with Gasteiger partial charge in [0, 0.05) is 6.54 Å². The van der Waals surface area contributed by atoms with Gasteiger partial charge in [-0.2, -0.15) is 0 Å². The quantitative estimate of drug-likeness (QED) is 0.498. The zero-order valence-electron chi connectivity index (χ0n) is 14.6. The zero-order valence-corrected chi connectivity index (χ0v) is 15.4. The van der Waals surface area contributed by atoms with E-state index in [1.165, 1.54) is 51.2 Å². The second kappa shape index (κ2) is 10.2. The molecule has 2 heterocycles. The van der Waals surface area contributed by atoms with Gasteiger partial charge in [0.2, 0.25) is 5.91 Å². The summed E-state index contributed by atoms with van der Waals surface area (Å²) in [5.74, 6) is 0.556. The fourth-order valence-electron chi connectivity index (χ4n) is 2.84. The van der Waals surface area contributed by atoms with Crippen LogP contribution >= 0.6 is 11.8 Å². The number of nitrogens with zero attached hydrogens (tertiary/aromatic N) is 3. The van der Waals surface area contributed by atoms with Gasteiger partial charge in [-0.05, 0) is 19.3 Å². The number of alkyl carbamates (subject to hydrolysis) is 1. The third-order valence-electron chi connectivity index (χ3n) is 4.13. The average Bonchev–Trinajstić information content (AvgIpc) is 3.01. The Morgan fingerprint density at radius 3 is 2.80 bits per heavy atom. The molecule has 0 bridgehead atoms. The van der Waals surface area contributed by atoms with Crippen molar-refractivity contribution in [2.45, 2.75) is 37.4 Å². The van der Waals surface area contributed by atoms with E-state index in [0.29, 0.717) is 11.7 Å². The van der Waals surface area contributed by atoms with Gasteiger partial charge in [-0.25, -0.2) is 4.79 Å². The summed E-state index contributed by atoms with van der Waals surface area (Å²) >= 11 is 1.24. The molecule has 2 N–H and O–H groups in total. The van der Waals surface area contributed by atoms with Gasteiger partial charge < -0.3 is 14.2 Å². The summed E-state index contributed by atoms with van der Waals surface area (Å²) in [5, 5.41) is 11.3. The molecule has 1 saturated heterocycles. The molecule has 25 heavy (non-hydrogen) atoms. The summed E-state index contributed by atoms with van der Waals surface area (Å²) in [6, 6.07) is 0. The molecule has 0 aromatic carbocycles. The highest BCUT2D eigenvalue weighted by Gasteiger charge is 2.18. The highest BCUT2D eigenvalue weighted by molar-refractivity contribution is 7.99. The van der Waals surface area contributed by atoms with E-state index >= 15 is 0 Å². The molecule has 138 valence electrons. The second-order valence-electron chi connectivity index (χ2n) is 5.94. The Bertz CT molecular complexity index is 599. The summed E-state index contributed by atoms with van der Waals surface area (Å²) in [5.41, 5.74) is 0. The van der Waals surface area contributed by atoms with E-state index in [1.54, 1.807) is 11.0 Å². The molecule has 0 unspecified atom stereocenters. The van der Waals surface area contributed by atoms with Crippen molar-refractivity contribution in [2.24, 2.45) is 0 Å². The van der Waals surface area contributed by atoms with Crippen LogP contribution in [0.1, 0.15) is 25.1 Å². The molecule has 8 nitrogen and oxygen atoms in total. The number of carbonyl (C=O) groups excluding carboxylic acids is 2. The minimum Gasteiger partial charge on any atom is -0.453 e. The highest BCUT2D eigenvalue weighted by atomic mass is 32.2. The molecule has 0 saturated carbocycles. The fourth-order valence-corrected chi connectivity index (χ4v) is 3.61. The van der Waals surface area contributed by atoms with Crippen LogP contribution < -0.4 is 10.2 Å². The maximum atomic E-state index is 11.7. The number of hydrogen-bond acceptors (Lipinski definition) is 6. The Balaban J connectivity index is 1.91. The number of rotatable bonds is 8. The summed E-state index contributed by atoms with van der Waals surface area (Å²) in [7, 11) is 1.22. The number of carbonyl (C=O) groups is 2. The molecule has 0 spiro atoms. The number of amides is 2. The van der Waals surface area contributed by atoms with Gasteiger partial charge in [0.15, 0.2) is 5.16 Å². The molecule has 1 fully saturated rings. The lowest BCUT2D eigenvalue weighted by atomic mass is 10.1. The standard InChI is InChI=1S/C16H25N5O3S/c1-3-8-21-13(7-11-20-9-5-4-6-10-20)18-19-15(21)25-12-14(22)17-16(23)24-2/h3H,1,4-12H2,2H3,(H,17,22,23)/p+1. The lowest BCUT2D eigenvalue weighted by Gasteiger charge is -2.23. The van der Waals surface area contributed by atoms with Gasteiger partial charge in [-0.1, -0.05) is 17.8 Å². The van der Waals surface area contributed by atoms with Crippen molar-refractivity contribution in [1.82, 2.24) is 20.1 Å². The predicted molar refractivity (Wildman–Crippen MR) is 94.6 cm³/mol. The van der Waals surface area contributed by atoms with E-state index < -0.39 is 12.0 Å². The Morgan fingerprint density at radius 2 is 2.12 bits per heavy atom. The minimum absolute atomic E-state index is 0.0712. The third kappa shape index (κ3) is 6.17. The summed E-state index contributed by atoms with van der Waals surface area (Å²) in [4.78, 5) is 24.3. The van der Waals surface area contributed by atoms with Crippen LogP contribution in [0.3, 0.4) is 0 Å². The first kappa shape index (κ1) is 19.5. The largest absolute Gasteiger partial charge is 0.453 e. The molecule has 9 heteroatoms. The van der Waals surface area contributed by atoms with Crippen LogP contribution in [-0.2, 0) is 22.5 Å². The first-order valence-corrected chi connectivity index (χ1v) is 9.49. The maximum Gasteiger partial charge on any atom is 0.413 e. The average molecular weight is 368 g/mol. The number of ether oxygens (including phenoxy) is 1. The number of thioether (sulfide) groups is 1. The van der Waals surface area contributed by atoms with E-state index in [-0.39, 0.29) is 5.75 Å². The number of allylic oxidation sites excluding steroid dienone is 1. The van der Waals surface area contributed by atoms with Crippen LogP contribution in [0.5, 0.6) is 0 Å². The molecular weight excluding hydrogens is 342 g/mol. The lowest BCUT2D eigenvalue weighted by Crippen LogP contribution is -3.13. The van der Waals surface area contributed by atoms with Gasteiger partial charge in [-0.15, -0.1) is 16.8 Å². The van der Waals surface area contributed by atoms with Gasteiger partial charge in [0.25, 0.3) is 0 Å². The topological polar surface area (TPSA) is 90.5 Å². The Kier molecular flexibility index (Phi) is 7.93. The molecule has 2 rings (SSSR count). The van der Waals surface area contributed by atoms with Gasteiger partial charge in [0.1, 0.15) is 5.82 Å². The molecule has 1 aliphatic heterocycles. The normalized spacial score (nSPS) is 14.9. The molecule has 0 aliphatic carbocycles. The van der Waals surface area contributed by atoms with E-state index in [2.05, 4.69) is 26.8 Å². The maximum absolute atomic E-state index is 11.7. The summed E-state index contributed by atoms with van der Waals surface area (Å²) in [6.45, 7) is 7.88. The monoisotopic (exact) mass is 368 g/mol. The first-order valence-electron chi connectivity index (χ1n) is 8.51. The Hall–Kier alpha value is -1.87. The van der Waals surface area contributed by atoms with Crippen molar-refractivity contribution in [3.8, 4) is 0 Å². The van der Waals surface area contributed by atoms with Crippen LogP contribution in [0.4, 0.5) is 4.79 Å². The third-order valence-corrected chi connectivity index (χ3v) is 5.09. The molecule has 0 atom stereocenters. The fraction of sp³-hybridized carbons (Fsp3) is 0.625. The number of piperidine rings is 1. The molecular formula is C16H26N5O3S+. The van der Waals surface area contributed by atoms with Crippen LogP contribution in [0.2, 0.25) is 0 Å². The Labute approximate surface area is 152 Å². The minimum atomic E-state index is -0.761. The summed E-state index contributed by atoms with van der Waals surface area (Å²) < 4.78 is 6.38. The molecule has 1 aromatic rings. The second-order valence-corrected chi connectivity index (χ2v) is 6.88. The van der Waals surface area contributed by atoms with Crippen molar-refractivity contribution in [2.75, 3.05) is 32.5 Å². The SMILES string of the molecule is C=CCn1c(CC[NH+]2CCCCC2)nnc1SCC(=O)NC(=O)OC. The van der Waals surface area contributed by atoms with Crippen LogP contribution in [0.25, 0.3) is 0 Å². The molecule has 2 amide bonds. The highest BCUT2D eigenvalue weighted by Crippen LogP contribution is 2.17. The number of methoxy groups -OCH3 is 1. The summed E-state index contributed by atoms with van der Waals surface area (Å²) in [6.07, 6.45) is 5.81. The van der Waals surface area contributed by atoms with E-state index in [4.69, 9.17) is 0 Å². The van der Waals surface area contributed by atoms with Crippen molar-refractivity contribution in [3.05, 3.63) is 18.5 Å². The van der Waals surface area contributed by atoms with E-state index in [9.17, 15) is 9.59 Å². The zero-order chi connectivity index (χ0) is 18.1. The van der Waals surface area contributed by atoms with Gasteiger partial charge in [-0.3, -0.25) is 10.1 Å². The molecule has 1 aliphatic rings. The van der Waals surface area contributed by atoms with Crippen molar-refractivity contribution in [1.29, 1.82) is 0 Å². The Morgan fingerprint density at radius 1 is 1.36 bits per heavy atom. The smallest absolute Gasteiger partial charge is 0.413 e. The number of likely N-dealkylation sites (tertiary alicyclic amines) is 1. The van der Waals surface area contributed by atoms with Crippen LogP contribution in [0.15, 0.2) is 17.8 Å². The van der Waals surface area contributed by atoms with E-state index in [0.717, 1.165) is 18.8 Å². The van der Waals surface area contributed by atoms with Gasteiger partial charge in [0.05, 0.1) is 38.9 Å². The number of hydrogen-bond donors (Lipinski definition) is 2. The predicted octanol–water partition coefficient (Wildman–Crippen LogP) is 0.0501. The molecule has 1 aromatic heterocycles. The molecule has 0 radical (unpaired) electrons. The van der Waals surface area contributed by atoms with Crippen LogP contribution in [-0.4, -0.2) is 59.3 Å². The number of aromatic nitrogens is 3. The number of imide groups is 1. The van der Waals surface area contributed by atoms with Crippen LogP contribution in [0, 0.1) is 0 Å². The van der Waals surface area contributed by atoms with Crippen molar-refractivity contribution in [3.63, 3.8) is 0 Å². The first-order chi connectivity index (χ1) is 12.1. The number of nitrogens with one attached hydrogen (secondary N) is 2. The van der Waals surface area contributed by atoms with E-state index in [1.807, 2.05) is 4.57 Å². The van der Waals surface area contributed by atoms with Crippen molar-refractivity contribution < 1.29 is 19.2 Å². The number of quaternary nitrogens is 1.